The van der Waals surface area contributed by atoms with Crippen LogP contribution in [0.15, 0.2) is 36.5 Å². The quantitative estimate of drug-likeness (QED) is 0.0365. The number of unbranched alkanes of at least 4 members (excludes halogenated alkanes) is 34. The SMILES string of the molecule is CCCCCCCCCCCCCCCCC/C=C/CC/C=C/CC/C=C/C(O)C(CO)NC(=O)C(O)CCCCCCCCCCCCCCCCCCCC. The van der Waals surface area contributed by atoms with Gasteiger partial charge in [0.25, 0.3) is 0 Å². The van der Waals surface area contributed by atoms with Crippen LogP contribution < -0.4 is 5.32 Å². The van der Waals surface area contributed by atoms with Crippen molar-refractivity contribution in [3.8, 4) is 0 Å². The molecule has 0 aliphatic heterocycles. The highest BCUT2D eigenvalue weighted by molar-refractivity contribution is 5.80. The molecule has 0 aromatic heterocycles. The summed E-state index contributed by atoms with van der Waals surface area (Å²) in [5.74, 6) is -0.514. The van der Waals surface area contributed by atoms with Crippen molar-refractivity contribution in [1.29, 1.82) is 0 Å². The summed E-state index contributed by atoms with van der Waals surface area (Å²) in [5, 5.41) is 33.2. The summed E-state index contributed by atoms with van der Waals surface area (Å²) in [4.78, 5) is 12.5. The molecule has 0 heterocycles. The zero-order valence-corrected chi connectivity index (χ0v) is 38.2. The zero-order chi connectivity index (χ0) is 41.5. The van der Waals surface area contributed by atoms with Crippen molar-refractivity contribution >= 4 is 5.91 Å². The molecule has 1 amide bonds. The Morgan fingerprint density at radius 1 is 0.421 bits per heavy atom. The smallest absolute Gasteiger partial charge is 0.249 e. The Labute approximate surface area is 355 Å². The van der Waals surface area contributed by atoms with Gasteiger partial charge in [-0.15, -0.1) is 0 Å². The van der Waals surface area contributed by atoms with E-state index in [4.69, 9.17) is 0 Å². The summed E-state index contributed by atoms with van der Waals surface area (Å²) in [6, 6.07) is -0.819. The normalized spacial score (nSPS) is 13.7. The number of aliphatic hydroxyl groups is 3. The Hall–Kier alpha value is -1.43. The van der Waals surface area contributed by atoms with Crippen LogP contribution in [0.25, 0.3) is 0 Å². The first kappa shape index (κ1) is 55.6. The first-order chi connectivity index (χ1) is 28.1. The van der Waals surface area contributed by atoms with Gasteiger partial charge in [-0.3, -0.25) is 4.79 Å². The number of nitrogens with one attached hydrogen (secondary N) is 1. The second-order valence-electron chi connectivity index (χ2n) is 17.4. The molecular weight excluding hydrogens is 703 g/mol. The monoisotopic (exact) mass is 802 g/mol. The summed E-state index contributed by atoms with van der Waals surface area (Å²) >= 11 is 0. The molecule has 0 radical (unpaired) electrons. The van der Waals surface area contributed by atoms with E-state index >= 15 is 0 Å². The third-order valence-electron chi connectivity index (χ3n) is 11.7. The van der Waals surface area contributed by atoms with Gasteiger partial charge in [-0.25, -0.2) is 0 Å². The molecule has 0 fully saturated rings. The molecule has 0 bridgehead atoms. The fourth-order valence-corrected chi connectivity index (χ4v) is 7.75. The van der Waals surface area contributed by atoms with E-state index in [9.17, 15) is 20.1 Å². The lowest BCUT2D eigenvalue weighted by molar-refractivity contribution is -0.131. The van der Waals surface area contributed by atoms with Crippen LogP contribution in [0.4, 0.5) is 0 Å². The minimum atomic E-state index is -1.11. The molecule has 0 aliphatic rings. The summed E-state index contributed by atoms with van der Waals surface area (Å²) in [7, 11) is 0. The van der Waals surface area contributed by atoms with E-state index in [0.717, 1.165) is 44.9 Å². The van der Waals surface area contributed by atoms with Crippen LogP contribution in [0, 0.1) is 0 Å². The van der Waals surface area contributed by atoms with Crippen molar-refractivity contribution < 1.29 is 20.1 Å². The van der Waals surface area contributed by atoms with Gasteiger partial charge >= 0.3 is 0 Å². The fraction of sp³-hybridized carbons (Fsp3) is 0.865. The molecule has 0 rings (SSSR count). The lowest BCUT2D eigenvalue weighted by Crippen LogP contribution is -2.48. The van der Waals surface area contributed by atoms with Crippen LogP contribution in [0.1, 0.15) is 264 Å². The predicted octanol–water partition coefficient (Wildman–Crippen LogP) is 15.1. The first-order valence-corrected chi connectivity index (χ1v) is 25.3. The van der Waals surface area contributed by atoms with E-state index in [1.54, 1.807) is 6.08 Å². The van der Waals surface area contributed by atoms with Crippen molar-refractivity contribution in [1.82, 2.24) is 5.32 Å². The molecular formula is C52H99NO4. The maximum Gasteiger partial charge on any atom is 0.249 e. The van der Waals surface area contributed by atoms with Crippen LogP contribution in [0.3, 0.4) is 0 Å². The number of amides is 1. The van der Waals surface area contributed by atoms with Gasteiger partial charge in [-0.1, -0.05) is 256 Å². The van der Waals surface area contributed by atoms with E-state index in [-0.39, 0.29) is 6.61 Å². The molecule has 336 valence electrons. The van der Waals surface area contributed by atoms with Crippen molar-refractivity contribution in [2.24, 2.45) is 0 Å². The Morgan fingerprint density at radius 3 is 1.07 bits per heavy atom. The van der Waals surface area contributed by atoms with Crippen LogP contribution in [-0.4, -0.2) is 46.1 Å². The molecule has 0 aromatic carbocycles. The third kappa shape index (κ3) is 42.5. The second kappa shape index (κ2) is 47.3. The number of hydrogen-bond acceptors (Lipinski definition) is 4. The lowest BCUT2D eigenvalue weighted by Gasteiger charge is -2.21. The number of aliphatic hydroxyl groups excluding tert-OH is 3. The average Bonchev–Trinajstić information content (AvgIpc) is 3.22. The minimum Gasteiger partial charge on any atom is -0.394 e. The van der Waals surface area contributed by atoms with E-state index in [0.29, 0.717) is 6.42 Å². The maximum absolute atomic E-state index is 12.5. The fourth-order valence-electron chi connectivity index (χ4n) is 7.75. The van der Waals surface area contributed by atoms with Gasteiger partial charge in [-0.05, 0) is 44.9 Å². The minimum absolute atomic E-state index is 0.379. The Bertz CT molecular complexity index is 885. The molecule has 0 spiro atoms. The Balaban J connectivity index is 3.67. The highest BCUT2D eigenvalue weighted by Gasteiger charge is 2.22. The van der Waals surface area contributed by atoms with Gasteiger partial charge in [0.1, 0.15) is 6.10 Å². The molecule has 4 N–H and O–H groups in total. The predicted molar refractivity (Wildman–Crippen MR) is 250 cm³/mol. The topological polar surface area (TPSA) is 89.8 Å². The van der Waals surface area contributed by atoms with Gasteiger partial charge < -0.3 is 20.6 Å². The lowest BCUT2D eigenvalue weighted by atomic mass is 10.0. The Kier molecular flexibility index (Phi) is 46.1. The highest BCUT2D eigenvalue weighted by Crippen LogP contribution is 2.16. The summed E-state index contributed by atoms with van der Waals surface area (Å²) < 4.78 is 0. The third-order valence-corrected chi connectivity index (χ3v) is 11.7. The van der Waals surface area contributed by atoms with Gasteiger partial charge in [-0.2, -0.15) is 0 Å². The van der Waals surface area contributed by atoms with Crippen LogP contribution in [0.2, 0.25) is 0 Å². The van der Waals surface area contributed by atoms with E-state index in [1.807, 2.05) is 6.08 Å². The molecule has 57 heavy (non-hydrogen) atoms. The van der Waals surface area contributed by atoms with Crippen molar-refractivity contribution in [2.75, 3.05) is 6.61 Å². The largest absolute Gasteiger partial charge is 0.394 e. The summed E-state index contributed by atoms with van der Waals surface area (Å²) in [6.07, 6.45) is 60.6. The van der Waals surface area contributed by atoms with Crippen molar-refractivity contribution in [3.63, 3.8) is 0 Å². The van der Waals surface area contributed by atoms with Crippen molar-refractivity contribution in [2.45, 2.75) is 283 Å². The molecule has 0 saturated heterocycles. The number of hydrogen-bond donors (Lipinski definition) is 4. The van der Waals surface area contributed by atoms with Gasteiger partial charge in [0.05, 0.1) is 18.8 Å². The van der Waals surface area contributed by atoms with E-state index in [2.05, 4.69) is 43.5 Å². The summed E-state index contributed by atoms with van der Waals surface area (Å²) in [5.41, 5.74) is 0. The number of carbonyl (C=O) groups is 1. The maximum atomic E-state index is 12.5. The molecule has 0 aliphatic carbocycles. The Morgan fingerprint density at radius 2 is 0.719 bits per heavy atom. The van der Waals surface area contributed by atoms with E-state index in [1.165, 1.54) is 199 Å². The number of rotatable bonds is 46. The molecule has 5 nitrogen and oxygen atoms in total. The highest BCUT2D eigenvalue weighted by atomic mass is 16.3. The van der Waals surface area contributed by atoms with Crippen LogP contribution >= 0.6 is 0 Å². The van der Waals surface area contributed by atoms with E-state index < -0.39 is 24.2 Å². The zero-order valence-electron chi connectivity index (χ0n) is 38.2. The summed E-state index contributed by atoms with van der Waals surface area (Å²) in [6.45, 7) is 4.19. The number of carbonyl (C=O) groups excluding carboxylic acids is 1. The average molecular weight is 802 g/mol. The van der Waals surface area contributed by atoms with Crippen LogP contribution in [0.5, 0.6) is 0 Å². The first-order valence-electron chi connectivity index (χ1n) is 25.3. The van der Waals surface area contributed by atoms with Gasteiger partial charge in [0, 0.05) is 0 Å². The molecule has 3 unspecified atom stereocenters. The molecule has 3 atom stereocenters. The van der Waals surface area contributed by atoms with Gasteiger partial charge in [0.15, 0.2) is 0 Å². The standard InChI is InChI=1S/C52H99NO4/c1-3-5-7-9-11-13-15-17-19-21-23-24-25-26-27-28-29-31-32-34-36-38-40-42-44-46-50(55)49(48-54)53-52(57)51(56)47-45-43-41-39-37-35-33-30-22-20-18-16-14-12-10-8-6-4-2/h29,31,36,38,44,46,49-51,54-56H,3-28,30,32-35,37,39-43,45,47-48H2,1-2H3,(H,53,57)/b31-29+,38-36+,46-44+. The second-order valence-corrected chi connectivity index (χ2v) is 17.4. The van der Waals surface area contributed by atoms with Gasteiger partial charge in [0.2, 0.25) is 5.91 Å². The molecule has 0 aromatic rings. The van der Waals surface area contributed by atoms with Crippen molar-refractivity contribution in [3.05, 3.63) is 36.5 Å². The molecule has 5 heteroatoms. The van der Waals surface area contributed by atoms with Crippen LogP contribution in [-0.2, 0) is 4.79 Å². The number of allylic oxidation sites excluding steroid dienone is 5. The molecule has 0 saturated carbocycles.